The van der Waals surface area contributed by atoms with Crippen molar-refractivity contribution in [3.63, 3.8) is 0 Å². The van der Waals surface area contributed by atoms with Gasteiger partial charge in [-0.15, -0.1) is 11.8 Å². The van der Waals surface area contributed by atoms with Crippen molar-refractivity contribution in [2.24, 2.45) is 5.73 Å². The van der Waals surface area contributed by atoms with E-state index in [1.807, 2.05) is 13.2 Å². The van der Waals surface area contributed by atoms with E-state index in [2.05, 4.69) is 0 Å². The molecule has 0 aromatic heterocycles. The second kappa shape index (κ2) is 5.37. The fraction of sp³-hybridized carbons (Fsp3) is 0.455. The molecule has 0 saturated heterocycles. The van der Waals surface area contributed by atoms with Crippen LogP contribution in [0.2, 0.25) is 0 Å². The van der Waals surface area contributed by atoms with Crippen LogP contribution in [0.5, 0.6) is 5.75 Å². The molecule has 0 bridgehead atoms. The van der Waals surface area contributed by atoms with Gasteiger partial charge in [0.15, 0.2) is 0 Å². The van der Waals surface area contributed by atoms with Crippen molar-refractivity contribution in [3.8, 4) is 5.75 Å². The summed E-state index contributed by atoms with van der Waals surface area (Å²) in [6.45, 7) is 2.44. The lowest BCUT2D eigenvalue weighted by Crippen LogP contribution is -2.10. The summed E-state index contributed by atoms with van der Waals surface area (Å²) in [5, 5.41) is 0. The zero-order valence-corrected chi connectivity index (χ0v) is 10.0. The van der Waals surface area contributed by atoms with E-state index in [0.717, 1.165) is 16.2 Å². The minimum absolute atomic E-state index is 0.0987. The molecule has 4 heteroatoms. The van der Waals surface area contributed by atoms with Crippen LogP contribution in [0, 0.1) is 5.82 Å². The fourth-order valence-electron chi connectivity index (χ4n) is 1.45. The van der Waals surface area contributed by atoms with Gasteiger partial charge in [-0.05, 0) is 30.9 Å². The Morgan fingerprint density at radius 3 is 2.67 bits per heavy atom. The molecule has 1 unspecified atom stereocenters. The van der Waals surface area contributed by atoms with Crippen LogP contribution in [0.4, 0.5) is 4.39 Å². The quantitative estimate of drug-likeness (QED) is 0.806. The Hall–Kier alpha value is -0.740. The Labute approximate surface area is 94.0 Å². The smallest absolute Gasteiger partial charge is 0.136 e. The highest BCUT2D eigenvalue weighted by atomic mass is 32.2. The second-order valence-corrected chi connectivity index (χ2v) is 4.22. The van der Waals surface area contributed by atoms with E-state index >= 15 is 0 Å². The van der Waals surface area contributed by atoms with Gasteiger partial charge in [-0.1, -0.05) is 6.92 Å². The third-order valence-electron chi connectivity index (χ3n) is 2.36. The summed E-state index contributed by atoms with van der Waals surface area (Å²) in [6.07, 6.45) is 1.90. The van der Waals surface area contributed by atoms with Gasteiger partial charge in [0, 0.05) is 5.56 Å². The summed E-state index contributed by atoms with van der Waals surface area (Å²) in [5.74, 6) is 0.596. The number of halogens is 1. The maximum Gasteiger partial charge on any atom is 0.136 e. The number of nitrogens with two attached hydrogens (primary N) is 1. The van der Waals surface area contributed by atoms with Gasteiger partial charge >= 0.3 is 0 Å². The molecule has 0 aliphatic carbocycles. The third-order valence-corrected chi connectivity index (χ3v) is 3.10. The Kier molecular flexibility index (Phi) is 4.42. The van der Waals surface area contributed by atoms with E-state index in [1.165, 1.54) is 23.9 Å². The lowest BCUT2D eigenvalue weighted by atomic mass is 10.00. The van der Waals surface area contributed by atoms with Crippen molar-refractivity contribution in [1.29, 1.82) is 0 Å². The van der Waals surface area contributed by atoms with Crippen LogP contribution in [-0.2, 0) is 0 Å². The molecule has 0 radical (unpaired) electrons. The average Bonchev–Trinajstić information content (AvgIpc) is 2.26. The van der Waals surface area contributed by atoms with E-state index in [-0.39, 0.29) is 11.7 Å². The first-order chi connectivity index (χ1) is 7.13. The Balaban J connectivity index is 3.28. The van der Waals surface area contributed by atoms with E-state index in [1.54, 1.807) is 7.11 Å². The lowest BCUT2D eigenvalue weighted by Gasteiger charge is -2.16. The third kappa shape index (κ3) is 2.63. The topological polar surface area (TPSA) is 35.2 Å². The van der Waals surface area contributed by atoms with Crippen molar-refractivity contribution in [1.82, 2.24) is 0 Å². The molecule has 1 atom stereocenters. The highest BCUT2D eigenvalue weighted by Gasteiger charge is 2.15. The molecule has 0 saturated carbocycles. The summed E-state index contributed by atoms with van der Waals surface area (Å²) < 4.78 is 18.6. The van der Waals surface area contributed by atoms with Crippen LogP contribution in [-0.4, -0.2) is 19.9 Å². The second-order valence-electron chi connectivity index (χ2n) is 3.37. The van der Waals surface area contributed by atoms with Crippen molar-refractivity contribution in [2.75, 3.05) is 19.9 Å². The minimum Gasteiger partial charge on any atom is -0.495 e. The first-order valence-electron chi connectivity index (χ1n) is 4.75. The highest BCUT2D eigenvalue weighted by Crippen LogP contribution is 2.35. The highest BCUT2D eigenvalue weighted by molar-refractivity contribution is 7.98. The lowest BCUT2D eigenvalue weighted by molar-refractivity contribution is 0.394. The molecule has 0 aliphatic rings. The molecular formula is C11H16FNOS. The van der Waals surface area contributed by atoms with Gasteiger partial charge in [0.1, 0.15) is 11.6 Å². The SMILES string of the molecule is COc1c(SC)cc(F)cc1C(C)CN. The number of ether oxygens (including phenoxy) is 1. The molecular weight excluding hydrogens is 213 g/mol. The molecule has 1 aromatic carbocycles. The predicted molar refractivity (Wildman–Crippen MR) is 62.2 cm³/mol. The first kappa shape index (κ1) is 12.3. The summed E-state index contributed by atoms with van der Waals surface area (Å²) in [5.41, 5.74) is 6.42. The molecule has 0 spiro atoms. The molecule has 1 rings (SSSR count). The summed E-state index contributed by atoms with van der Waals surface area (Å²) in [6, 6.07) is 2.98. The Bertz CT molecular complexity index is 344. The molecule has 15 heavy (non-hydrogen) atoms. The zero-order chi connectivity index (χ0) is 11.4. The van der Waals surface area contributed by atoms with Gasteiger partial charge in [-0.2, -0.15) is 0 Å². The summed E-state index contributed by atoms with van der Waals surface area (Å²) in [7, 11) is 1.60. The number of hydrogen-bond donors (Lipinski definition) is 1. The predicted octanol–water partition coefficient (Wildman–Crippen LogP) is 2.62. The minimum atomic E-state index is -0.240. The van der Waals surface area contributed by atoms with Crippen LogP contribution >= 0.6 is 11.8 Å². The average molecular weight is 229 g/mol. The van der Waals surface area contributed by atoms with Crippen molar-refractivity contribution in [3.05, 3.63) is 23.5 Å². The van der Waals surface area contributed by atoms with Gasteiger partial charge in [0.05, 0.1) is 12.0 Å². The summed E-state index contributed by atoms with van der Waals surface area (Å²) in [4.78, 5) is 0.813. The Morgan fingerprint density at radius 2 is 2.20 bits per heavy atom. The number of rotatable bonds is 4. The van der Waals surface area contributed by atoms with Crippen LogP contribution in [0.3, 0.4) is 0 Å². The van der Waals surface area contributed by atoms with Gasteiger partial charge in [0.2, 0.25) is 0 Å². The number of thioether (sulfide) groups is 1. The maximum absolute atomic E-state index is 13.3. The number of benzene rings is 1. The number of methoxy groups -OCH3 is 1. The van der Waals surface area contributed by atoms with Crippen LogP contribution in [0.15, 0.2) is 17.0 Å². The molecule has 0 amide bonds. The van der Waals surface area contributed by atoms with E-state index in [4.69, 9.17) is 10.5 Å². The maximum atomic E-state index is 13.3. The Morgan fingerprint density at radius 1 is 1.53 bits per heavy atom. The van der Waals surface area contributed by atoms with Gasteiger partial charge in [-0.25, -0.2) is 4.39 Å². The number of hydrogen-bond acceptors (Lipinski definition) is 3. The van der Waals surface area contributed by atoms with Crippen molar-refractivity contribution in [2.45, 2.75) is 17.7 Å². The largest absolute Gasteiger partial charge is 0.495 e. The first-order valence-corrected chi connectivity index (χ1v) is 5.98. The standard InChI is InChI=1S/C11H16FNOS/c1-7(6-13)9-4-8(12)5-10(15-3)11(9)14-2/h4-5,7H,6,13H2,1-3H3. The van der Waals surface area contributed by atoms with Crippen molar-refractivity contribution >= 4 is 11.8 Å². The zero-order valence-electron chi connectivity index (χ0n) is 9.21. The van der Waals surface area contributed by atoms with Crippen LogP contribution < -0.4 is 10.5 Å². The molecule has 0 aliphatic heterocycles. The molecule has 84 valence electrons. The molecule has 0 fully saturated rings. The molecule has 2 nitrogen and oxygen atoms in total. The van der Waals surface area contributed by atoms with E-state index in [0.29, 0.717) is 6.54 Å². The molecule has 0 heterocycles. The van der Waals surface area contributed by atoms with E-state index < -0.39 is 0 Å². The van der Waals surface area contributed by atoms with Gasteiger partial charge in [0.25, 0.3) is 0 Å². The molecule has 1 aromatic rings. The van der Waals surface area contributed by atoms with Crippen LogP contribution in [0.1, 0.15) is 18.4 Å². The monoisotopic (exact) mass is 229 g/mol. The fourth-order valence-corrected chi connectivity index (χ4v) is 2.07. The molecule has 2 N–H and O–H groups in total. The van der Waals surface area contributed by atoms with Crippen LogP contribution in [0.25, 0.3) is 0 Å². The van der Waals surface area contributed by atoms with Gasteiger partial charge in [-0.3, -0.25) is 0 Å². The van der Waals surface area contributed by atoms with E-state index in [9.17, 15) is 4.39 Å². The summed E-state index contributed by atoms with van der Waals surface area (Å²) >= 11 is 1.47. The normalized spacial score (nSPS) is 12.6. The van der Waals surface area contributed by atoms with Crippen molar-refractivity contribution < 1.29 is 9.13 Å². The van der Waals surface area contributed by atoms with Gasteiger partial charge < -0.3 is 10.5 Å².